The fourth-order valence-electron chi connectivity index (χ4n) is 4.64. The van der Waals surface area contributed by atoms with Crippen LogP contribution in [0.5, 0.6) is 5.75 Å². The maximum atomic E-state index is 13.1. The number of piperazine rings is 1. The quantitative estimate of drug-likeness (QED) is 0.799. The standard InChI is InChI=1S/C17H16F3N3O2S/c18-17(19,20)25-10-1-2-11-12(9-10)26-21-14(11)15(24)23-8-7-22-6-5-16(22)4-3-13(16)23/h1-2,9,13H,3-8H2. The van der Waals surface area contributed by atoms with Gasteiger partial charge in [-0.05, 0) is 49.0 Å². The third-order valence-corrected chi connectivity index (χ3v) is 6.85. The molecule has 3 aliphatic rings. The van der Waals surface area contributed by atoms with E-state index < -0.39 is 6.36 Å². The van der Waals surface area contributed by atoms with Gasteiger partial charge in [0, 0.05) is 30.6 Å². The van der Waals surface area contributed by atoms with Gasteiger partial charge >= 0.3 is 6.36 Å². The molecule has 1 saturated carbocycles. The Morgan fingerprint density at radius 2 is 2.12 bits per heavy atom. The molecule has 9 heteroatoms. The predicted octanol–water partition coefficient (Wildman–Crippen LogP) is 3.26. The Hall–Kier alpha value is -1.87. The normalized spacial score (nSPS) is 28.1. The lowest BCUT2D eigenvalue weighted by atomic mass is 9.61. The number of benzene rings is 1. The number of hydrogen-bond acceptors (Lipinski definition) is 5. The first-order chi connectivity index (χ1) is 12.4. The van der Waals surface area contributed by atoms with Crippen LogP contribution in [0.2, 0.25) is 0 Å². The van der Waals surface area contributed by atoms with Gasteiger partial charge in [-0.25, -0.2) is 0 Å². The highest BCUT2D eigenvalue weighted by Gasteiger charge is 2.61. The summed E-state index contributed by atoms with van der Waals surface area (Å²) in [5.74, 6) is -0.412. The van der Waals surface area contributed by atoms with E-state index in [2.05, 4.69) is 14.0 Å². The molecule has 1 spiro atoms. The first-order valence-corrected chi connectivity index (χ1v) is 9.36. The van der Waals surface area contributed by atoms with E-state index in [1.165, 1.54) is 18.2 Å². The predicted molar refractivity (Wildman–Crippen MR) is 89.3 cm³/mol. The number of halogens is 3. The maximum Gasteiger partial charge on any atom is 0.573 e. The third-order valence-electron chi connectivity index (χ3n) is 6.04. The van der Waals surface area contributed by atoms with Crippen LogP contribution in [0.3, 0.4) is 0 Å². The average Bonchev–Trinajstić information content (AvgIpc) is 2.91. The van der Waals surface area contributed by atoms with Gasteiger partial charge in [-0.3, -0.25) is 9.69 Å². The van der Waals surface area contributed by atoms with Crippen molar-refractivity contribution in [3.63, 3.8) is 0 Å². The van der Waals surface area contributed by atoms with E-state index in [-0.39, 0.29) is 23.2 Å². The van der Waals surface area contributed by atoms with Crippen molar-refractivity contribution in [1.29, 1.82) is 0 Å². The Bertz CT molecular complexity index is 895. The SMILES string of the molecule is O=C(c1nsc2cc(OC(F)(F)F)ccc12)N1CCN2CCC23CCC13. The Kier molecular flexibility index (Phi) is 3.34. The molecule has 1 aromatic carbocycles. The number of rotatable bonds is 2. The van der Waals surface area contributed by atoms with Crippen LogP contribution < -0.4 is 4.74 Å². The lowest BCUT2D eigenvalue weighted by Crippen LogP contribution is -2.79. The van der Waals surface area contributed by atoms with Crippen LogP contribution in [0, 0.1) is 0 Å². The van der Waals surface area contributed by atoms with Crippen molar-refractivity contribution < 1.29 is 22.7 Å². The second-order valence-electron chi connectivity index (χ2n) is 7.13. The molecule has 2 unspecified atom stereocenters. The number of carbonyl (C=O) groups excluding carboxylic acids is 1. The lowest BCUT2D eigenvalue weighted by Gasteiger charge is -2.68. The monoisotopic (exact) mass is 383 g/mol. The summed E-state index contributed by atoms with van der Waals surface area (Å²) in [7, 11) is 0. The summed E-state index contributed by atoms with van der Waals surface area (Å²) < 4.78 is 45.8. The molecule has 2 aromatic rings. The molecule has 26 heavy (non-hydrogen) atoms. The molecule has 1 aliphatic carbocycles. The summed E-state index contributed by atoms with van der Waals surface area (Å²) in [6, 6.07) is 4.24. The fourth-order valence-corrected chi connectivity index (χ4v) is 5.44. The van der Waals surface area contributed by atoms with Crippen molar-refractivity contribution in [3.8, 4) is 5.75 Å². The van der Waals surface area contributed by atoms with Crippen LogP contribution in [0.1, 0.15) is 29.8 Å². The molecule has 0 N–H and O–H groups in total. The highest BCUT2D eigenvalue weighted by atomic mass is 32.1. The Morgan fingerprint density at radius 3 is 2.77 bits per heavy atom. The van der Waals surface area contributed by atoms with Gasteiger partial charge in [0.05, 0.1) is 10.7 Å². The molecular weight excluding hydrogens is 367 g/mol. The minimum absolute atomic E-state index is 0.114. The Morgan fingerprint density at radius 1 is 1.27 bits per heavy atom. The Balaban J connectivity index is 1.43. The molecule has 1 aromatic heterocycles. The largest absolute Gasteiger partial charge is 0.573 e. The number of ether oxygens (including phenoxy) is 1. The molecule has 0 radical (unpaired) electrons. The lowest BCUT2D eigenvalue weighted by molar-refractivity contribution is -0.274. The molecule has 2 saturated heterocycles. The summed E-state index contributed by atoms with van der Waals surface area (Å²) in [5.41, 5.74) is 0.506. The molecule has 138 valence electrons. The molecule has 1 amide bonds. The number of carbonyl (C=O) groups is 1. The van der Waals surface area contributed by atoms with Crippen molar-refractivity contribution in [1.82, 2.24) is 14.2 Å². The van der Waals surface area contributed by atoms with Crippen molar-refractivity contribution in [2.24, 2.45) is 0 Å². The Labute approximate surface area is 151 Å². The number of hydrogen-bond donors (Lipinski definition) is 0. The van der Waals surface area contributed by atoms with Crippen LogP contribution in [-0.4, -0.2) is 57.7 Å². The molecule has 5 nitrogen and oxygen atoms in total. The van der Waals surface area contributed by atoms with Crippen LogP contribution in [0.4, 0.5) is 13.2 Å². The summed E-state index contributed by atoms with van der Waals surface area (Å²) in [6.45, 7) is 2.67. The van der Waals surface area contributed by atoms with Gasteiger partial charge in [-0.1, -0.05) is 0 Å². The van der Waals surface area contributed by atoms with E-state index in [1.54, 1.807) is 0 Å². The first kappa shape index (κ1) is 16.3. The van der Waals surface area contributed by atoms with E-state index in [0.29, 0.717) is 22.3 Å². The van der Waals surface area contributed by atoms with Gasteiger partial charge in [-0.2, -0.15) is 4.37 Å². The van der Waals surface area contributed by atoms with Crippen molar-refractivity contribution in [2.45, 2.75) is 37.2 Å². The maximum absolute atomic E-state index is 13.1. The average molecular weight is 383 g/mol. The van der Waals surface area contributed by atoms with Gasteiger partial charge in [0.2, 0.25) is 0 Å². The minimum atomic E-state index is -4.74. The van der Waals surface area contributed by atoms with Crippen LogP contribution >= 0.6 is 11.5 Å². The molecule has 3 heterocycles. The summed E-state index contributed by atoms with van der Waals surface area (Å²) in [5, 5.41) is 0.582. The van der Waals surface area contributed by atoms with Gasteiger partial charge in [0.25, 0.3) is 5.91 Å². The smallest absolute Gasteiger partial charge is 0.406 e. The number of amides is 1. The van der Waals surface area contributed by atoms with Crippen LogP contribution in [0.15, 0.2) is 18.2 Å². The molecule has 2 aliphatic heterocycles. The highest BCUT2D eigenvalue weighted by Crippen LogP contribution is 2.51. The zero-order valence-electron chi connectivity index (χ0n) is 13.8. The second kappa shape index (κ2) is 5.32. The van der Waals surface area contributed by atoms with Gasteiger partial charge in [-0.15, -0.1) is 13.2 Å². The molecule has 0 bridgehead atoms. The van der Waals surface area contributed by atoms with Crippen LogP contribution in [0.25, 0.3) is 10.1 Å². The van der Waals surface area contributed by atoms with E-state index >= 15 is 0 Å². The second-order valence-corrected chi connectivity index (χ2v) is 7.94. The number of aromatic nitrogens is 1. The van der Waals surface area contributed by atoms with E-state index in [1.807, 2.05) is 4.90 Å². The number of nitrogens with zero attached hydrogens (tertiary/aromatic N) is 3. The van der Waals surface area contributed by atoms with Crippen molar-refractivity contribution in [2.75, 3.05) is 19.6 Å². The minimum Gasteiger partial charge on any atom is -0.406 e. The summed E-state index contributed by atoms with van der Waals surface area (Å²) >= 11 is 1.02. The summed E-state index contributed by atoms with van der Waals surface area (Å²) in [6.07, 6.45) is -1.46. The summed E-state index contributed by atoms with van der Waals surface area (Å²) in [4.78, 5) is 17.5. The van der Waals surface area contributed by atoms with Gasteiger partial charge in [0.1, 0.15) is 11.4 Å². The van der Waals surface area contributed by atoms with E-state index in [9.17, 15) is 18.0 Å². The molecule has 3 fully saturated rings. The number of fused-ring (bicyclic) bond motifs is 1. The zero-order valence-corrected chi connectivity index (χ0v) is 14.6. The zero-order chi connectivity index (χ0) is 18.1. The highest BCUT2D eigenvalue weighted by molar-refractivity contribution is 7.13. The topological polar surface area (TPSA) is 45.7 Å². The van der Waals surface area contributed by atoms with Crippen molar-refractivity contribution >= 4 is 27.5 Å². The first-order valence-electron chi connectivity index (χ1n) is 8.59. The molecule has 2 atom stereocenters. The van der Waals surface area contributed by atoms with E-state index in [4.69, 9.17) is 0 Å². The molecular formula is C17H16F3N3O2S. The third kappa shape index (κ3) is 2.26. The van der Waals surface area contributed by atoms with E-state index in [0.717, 1.165) is 43.9 Å². The molecule has 5 rings (SSSR count). The van der Waals surface area contributed by atoms with Crippen molar-refractivity contribution in [3.05, 3.63) is 23.9 Å². The number of alkyl halides is 3. The van der Waals surface area contributed by atoms with Crippen LogP contribution in [-0.2, 0) is 0 Å². The van der Waals surface area contributed by atoms with Gasteiger partial charge in [0.15, 0.2) is 0 Å². The fraction of sp³-hybridized carbons (Fsp3) is 0.529. The van der Waals surface area contributed by atoms with Gasteiger partial charge < -0.3 is 9.64 Å².